The van der Waals surface area contributed by atoms with Gasteiger partial charge < -0.3 is 11.1 Å². The first-order chi connectivity index (χ1) is 8.66. The molecular formula is C14H24N2OS. The van der Waals surface area contributed by atoms with Crippen LogP contribution in [0, 0.1) is 11.8 Å². The molecule has 1 amide bonds. The lowest BCUT2D eigenvalue weighted by Crippen LogP contribution is -2.41. The number of nitrogens with two attached hydrogens (primary N) is 1. The fourth-order valence-electron chi connectivity index (χ4n) is 3.39. The predicted octanol–water partition coefficient (Wildman–Crippen LogP) is 2.53. The summed E-state index contributed by atoms with van der Waals surface area (Å²) in [6, 6.07) is 0.193. The Morgan fingerprint density at radius 3 is 2.56 bits per heavy atom. The van der Waals surface area contributed by atoms with E-state index in [0.717, 1.165) is 31.6 Å². The minimum atomic E-state index is 0.190. The van der Waals surface area contributed by atoms with Gasteiger partial charge in [-0.3, -0.25) is 4.79 Å². The fraction of sp³-hybridized carbons (Fsp3) is 0.857. The minimum absolute atomic E-state index is 0.190. The first-order valence-electron chi connectivity index (χ1n) is 7.25. The Bertz CT molecular complexity index is 313. The zero-order chi connectivity index (χ0) is 13.0. The van der Waals surface area contributed by atoms with E-state index >= 15 is 0 Å². The number of thiocarbonyl (C=S) groups is 1. The standard InChI is InChI=1S/C14H24N2OS/c15-14(18)11-6-3-7-12(11)16-13(17)9-8-10-4-1-2-5-10/h10-12H,1-9H2,(H2,15,18)(H,16,17). The van der Waals surface area contributed by atoms with Gasteiger partial charge in [0.1, 0.15) is 0 Å². The number of hydrogen-bond acceptors (Lipinski definition) is 2. The quantitative estimate of drug-likeness (QED) is 0.753. The van der Waals surface area contributed by atoms with Gasteiger partial charge in [0.25, 0.3) is 0 Å². The van der Waals surface area contributed by atoms with Gasteiger partial charge in [-0.1, -0.05) is 44.3 Å². The van der Waals surface area contributed by atoms with Crippen molar-refractivity contribution in [2.45, 2.75) is 63.8 Å². The first kappa shape index (κ1) is 13.8. The maximum atomic E-state index is 11.9. The van der Waals surface area contributed by atoms with E-state index in [9.17, 15) is 4.79 Å². The van der Waals surface area contributed by atoms with Crippen LogP contribution in [0.3, 0.4) is 0 Å². The van der Waals surface area contributed by atoms with Crippen LogP contribution in [0.2, 0.25) is 0 Å². The second kappa shape index (κ2) is 6.50. The summed E-state index contributed by atoms with van der Waals surface area (Å²) in [5, 5.41) is 3.13. The highest BCUT2D eigenvalue weighted by Gasteiger charge is 2.30. The van der Waals surface area contributed by atoms with Crippen molar-refractivity contribution in [2.75, 3.05) is 0 Å². The molecule has 18 heavy (non-hydrogen) atoms. The van der Waals surface area contributed by atoms with E-state index in [2.05, 4.69) is 5.32 Å². The van der Waals surface area contributed by atoms with Crippen molar-refractivity contribution in [2.24, 2.45) is 17.6 Å². The summed E-state index contributed by atoms with van der Waals surface area (Å²) in [6.07, 6.45) is 10.2. The van der Waals surface area contributed by atoms with Gasteiger partial charge in [0, 0.05) is 18.4 Å². The highest BCUT2D eigenvalue weighted by Crippen LogP contribution is 2.29. The summed E-state index contributed by atoms with van der Waals surface area (Å²) in [5.74, 6) is 1.19. The molecule has 0 aromatic heterocycles. The molecule has 3 N–H and O–H groups in total. The van der Waals surface area contributed by atoms with Crippen molar-refractivity contribution in [3.8, 4) is 0 Å². The van der Waals surface area contributed by atoms with E-state index in [1.54, 1.807) is 0 Å². The molecule has 2 saturated carbocycles. The van der Waals surface area contributed by atoms with Crippen LogP contribution in [0.4, 0.5) is 0 Å². The molecule has 0 saturated heterocycles. The molecule has 2 atom stereocenters. The molecular weight excluding hydrogens is 244 g/mol. The second-order valence-corrected chi connectivity index (χ2v) is 6.27. The fourth-order valence-corrected chi connectivity index (χ4v) is 3.67. The molecule has 2 rings (SSSR count). The number of carbonyl (C=O) groups excluding carboxylic acids is 1. The summed E-state index contributed by atoms with van der Waals surface area (Å²) >= 11 is 5.06. The Morgan fingerprint density at radius 2 is 1.89 bits per heavy atom. The van der Waals surface area contributed by atoms with Gasteiger partial charge in [0.2, 0.25) is 5.91 Å². The smallest absolute Gasteiger partial charge is 0.220 e. The molecule has 2 fully saturated rings. The lowest BCUT2D eigenvalue weighted by Gasteiger charge is -2.20. The van der Waals surface area contributed by atoms with Crippen molar-refractivity contribution in [1.29, 1.82) is 0 Å². The van der Waals surface area contributed by atoms with Crippen LogP contribution >= 0.6 is 12.2 Å². The SMILES string of the molecule is NC(=S)C1CCCC1NC(=O)CCC1CCCC1. The lowest BCUT2D eigenvalue weighted by molar-refractivity contribution is -0.122. The third kappa shape index (κ3) is 3.67. The van der Waals surface area contributed by atoms with Crippen molar-refractivity contribution < 1.29 is 4.79 Å². The molecule has 4 heteroatoms. The zero-order valence-electron chi connectivity index (χ0n) is 11.0. The Balaban J connectivity index is 1.71. The maximum absolute atomic E-state index is 11.9. The van der Waals surface area contributed by atoms with Crippen molar-refractivity contribution >= 4 is 23.1 Å². The van der Waals surface area contributed by atoms with Gasteiger partial charge in [-0.2, -0.15) is 0 Å². The predicted molar refractivity (Wildman–Crippen MR) is 77.2 cm³/mol. The average Bonchev–Trinajstić information content (AvgIpc) is 2.96. The van der Waals surface area contributed by atoms with Gasteiger partial charge in [-0.15, -0.1) is 0 Å². The van der Waals surface area contributed by atoms with Crippen LogP contribution in [0.1, 0.15) is 57.8 Å². The van der Waals surface area contributed by atoms with Gasteiger partial charge in [-0.25, -0.2) is 0 Å². The van der Waals surface area contributed by atoms with Gasteiger partial charge in [0.05, 0.1) is 4.99 Å². The zero-order valence-corrected chi connectivity index (χ0v) is 11.8. The summed E-state index contributed by atoms with van der Waals surface area (Å²) in [5.41, 5.74) is 5.72. The Hall–Kier alpha value is -0.640. The highest BCUT2D eigenvalue weighted by atomic mass is 32.1. The monoisotopic (exact) mass is 268 g/mol. The summed E-state index contributed by atoms with van der Waals surface area (Å²) in [6.45, 7) is 0. The number of rotatable bonds is 5. The number of nitrogens with one attached hydrogen (secondary N) is 1. The Morgan fingerprint density at radius 1 is 1.17 bits per heavy atom. The number of hydrogen-bond donors (Lipinski definition) is 2. The summed E-state index contributed by atoms with van der Waals surface area (Å²) < 4.78 is 0. The Kier molecular flexibility index (Phi) is 4.98. The van der Waals surface area contributed by atoms with Gasteiger partial charge >= 0.3 is 0 Å². The molecule has 2 aliphatic carbocycles. The average molecular weight is 268 g/mol. The van der Waals surface area contributed by atoms with Crippen LogP contribution in [0.5, 0.6) is 0 Å². The molecule has 0 aromatic rings. The normalized spacial score (nSPS) is 28.4. The van der Waals surface area contributed by atoms with Crippen molar-refractivity contribution in [1.82, 2.24) is 5.32 Å². The molecule has 2 unspecified atom stereocenters. The molecule has 2 aliphatic rings. The van der Waals surface area contributed by atoms with Gasteiger partial charge in [-0.05, 0) is 25.2 Å². The molecule has 0 radical (unpaired) electrons. The third-order valence-electron chi connectivity index (χ3n) is 4.48. The molecule has 0 aromatic carbocycles. The largest absolute Gasteiger partial charge is 0.393 e. The van der Waals surface area contributed by atoms with E-state index in [0.29, 0.717) is 11.4 Å². The van der Waals surface area contributed by atoms with E-state index in [1.807, 2.05) is 0 Å². The van der Waals surface area contributed by atoms with E-state index < -0.39 is 0 Å². The third-order valence-corrected chi connectivity index (χ3v) is 4.78. The molecule has 0 aliphatic heterocycles. The maximum Gasteiger partial charge on any atom is 0.220 e. The van der Waals surface area contributed by atoms with Crippen LogP contribution in [0.25, 0.3) is 0 Å². The molecule has 3 nitrogen and oxygen atoms in total. The minimum Gasteiger partial charge on any atom is -0.393 e. The van der Waals surface area contributed by atoms with Crippen molar-refractivity contribution in [3.63, 3.8) is 0 Å². The first-order valence-corrected chi connectivity index (χ1v) is 7.66. The number of carbonyl (C=O) groups is 1. The van der Waals surface area contributed by atoms with Crippen LogP contribution in [-0.2, 0) is 4.79 Å². The van der Waals surface area contributed by atoms with Crippen molar-refractivity contribution in [3.05, 3.63) is 0 Å². The van der Waals surface area contributed by atoms with E-state index in [-0.39, 0.29) is 17.9 Å². The number of amides is 1. The van der Waals surface area contributed by atoms with Crippen LogP contribution < -0.4 is 11.1 Å². The topological polar surface area (TPSA) is 55.1 Å². The van der Waals surface area contributed by atoms with Crippen LogP contribution in [0.15, 0.2) is 0 Å². The Labute approximate surface area is 115 Å². The van der Waals surface area contributed by atoms with Gasteiger partial charge in [0.15, 0.2) is 0 Å². The van der Waals surface area contributed by atoms with Crippen LogP contribution in [-0.4, -0.2) is 16.9 Å². The summed E-state index contributed by atoms with van der Waals surface area (Å²) in [7, 11) is 0. The highest BCUT2D eigenvalue weighted by molar-refractivity contribution is 7.80. The van der Waals surface area contributed by atoms with E-state index in [4.69, 9.17) is 18.0 Å². The molecule has 0 spiro atoms. The molecule has 0 bridgehead atoms. The lowest BCUT2D eigenvalue weighted by atomic mass is 10.0. The molecule has 0 heterocycles. The van der Waals surface area contributed by atoms with E-state index in [1.165, 1.54) is 25.7 Å². The molecule has 102 valence electrons. The second-order valence-electron chi connectivity index (χ2n) is 5.80. The summed E-state index contributed by atoms with van der Waals surface area (Å²) in [4.78, 5) is 12.5.